The first-order valence-electron chi connectivity index (χ1n) is 9.58. The van der Waals surface area contributed by atoms with Crippen LogP contribution in [0.3, 0.4) is 0 Å². The summed E-state index contributed by atoms with van der Waals surface area (Å²) in [6.07, 6.45) is 3.07. The minimum atomic E-state index is -1.36. The van der Waals surface area contributed by atoms with E-state index in [1.807, 2.05) is 18.2 Å². The van der Waals surface area contributed by atoms with Crippen LogP contribution in [0.5, 0.6) is 0 Å². The highest BCUT2D eigenvalue weighted by molar-refractivity contribution is 5.86. The average molecular weight is 370 g/mol. The largest absolute Gasteiger partial charge is 0.379 e. The van der Waals surface area contributed by atoms with E-state index >= 15 is 0 Å². The predicted molar refractivity (Wildman–Crippen MR) is 104 cm³/mol. The van der Waals surface area contributed by atoms with Crippen molar-refractivity contribution in [3.8, 4) is 0 Å². The van der Waals surface area contributed by atoms with Crippen molar-refractivity contribution in [1.29, 1.82) is 0 Å². The summed E-state index contributed by atoms with van der Waals surface area (Å²) in [6, 6.07) is 16.4. The molecule has 1 aliphatic heterocycles. The van der Waals surface area contributed by atoms with E-state index in [4.69, 9.17) is 0 Å². The number of nitrogens with zero attached hydrogens (tertiary/aromatic N) is 1. The van der Waals surface area contributed by atoms with E-state index in [-0.39, 0.29) is 18.3 Å². The van der Waals surface area contributed by atoms with E-state index in [2.05, 4.69) is 17.4 Å². The van der Waals surface area contributed by atoms with Crippen LogP contribution >= 0.6 is 0 Å². The Labute approximate surface area is 160 Å². The Hall–Kier alpha value is -2.24. The van der Waals surface area contributed by atoms with Crippen LogP contribution in [0, 0.1) is 5.82 Å². The van der Waals surface area contributed by atoms with Crippen LogP contribution in [0.25, 0.3) is 0 Å². The summed E-state index contributed by atoms with van der Waals surface area (Å²) >= 11 is 0. The molecule has 1 amide bonds. The third-order valence-corrected chi connectivity index (χ3v) is 5.10. The van der Waals surface area contributed by atoms with Crippen LogP contribution in [0.4, 0.5) is 4.39 Å². The zero-order valence-corrected chi connectivity index (χ0v) is 15.5. The summed E-state index contributed by atoms with van der Waals surface area (Å²) in [5, 5.41) is 14.0. The van der Waals surface area contributed by atoms with Crippen LogP contribution in [0.1, 0.15) is 30.4 Å². The molecule has 1 heterocycles. The molecule has 0 aliphatic carbocycles. The molecule has 1 unspecified atom stereocenters. The smallest absolute Gasteiger partial charge is 0.255 e. The van der Waals surface area contributed by atoms with Gasteiger partial charge in [-0.1, -0.05) is 42.5 Å². The molecular weight excluding hydrogens is 343 g/mol. The van der Waals surface area contributed by atoms with E-state index in [0.717, 1.165) is 24.8 Å². The van der Waals surface area contributed by atoms with Gasteiger partial charge in [0.2, 0.25) is 0 Å². The monoisotopic (exact) mass is 370 g/mol. The molecule has 1 aliphatic rings. The van der Waals surface area contributed by atoms with Gasteiger partial charge < -0.3 is 15.3 Å². The Kier molecular flexibility index (Phi) is 6.58. The molecule has 0 radical (unpaired) electrons. The van der Waals surface area contributed by atoms with Crippen molar-refractivity contribution >= 4 is 5.91 Å². The highest BCUT2D eigenvalue weighted by Gasteiger charge is 2.41. The number of likely N-dealkylation sites (tertiary alicyclic amines) is 1. The molecule has 1 saturated heterocycles. The third-order valence-electron chi connectivity index (χ3n) is 5.10. The second kappa shape index (κ2) is 9.11. The second-order valence-corrected chi connectivity index (χ2v) is 7.25. The van der Waals surface area contributed by atoms with Gasteiger partial charge in [-0.25, -0.2) is 4.39 Å². The molecule has 0 bridgehead atoms. The molecule has 0 saturated carbocycles. The summed E-state index contributed by atoms with van der Waals surface area (Å²) in [5.41, 5.74) is 0.826. The number of carbonyl (C=O) groups excluding carboxylic acids is 1. The lowest BCUT2D eigenvalue weighted by Gasteiger charge is -2.38. The van der Waals surface area contributed by atoms with Crippen LogP contribution in [0.2, 0.25) is 0 Å². The third kappa shape index (κ3) is 5.37. The van der Waals surface area contributed by atoms with Gasteiger partial charge in [-0.05, 0) is 48.9 Å². The van der Waals surface area contributed by atoms with Crippen molar-refractivity contribution < 1.29 is 14.3 Å². The summed E-state index contributed by atoms with van der Waals surface area (Å²) < 4.78 is 13.0. The van der Waals surface area contributed by atoms with Crippen molar-refractivity contribution in [3.63, 3.8) is 0 Å². The van der Waals surface area contributed by atoms with Crippen molar-refractivity contribution in [3.05, 3.63) is 71.5 Å². The van der Waals surface area contributed by atoms with E-state index < -0.39 is 5.60 Å². The summed E-state index contributed by atoms with van der Waals surface area (Å²) in [7, 11) is 0. The fourth-order valence-electron chi connectivity index (χ4n) is 3.58. The van der Waals surface area contributed by atoms with E-state index in [9.17, 15) is 14.3 Å². The highest BCUT2D eigenvalue weighted by Crippen LogP contribution is 2.23. The van der Waals surface area contributed by atoms with Gasteiger partial charge in [0.15, 0.2) is 5.60 Å². The predicted octanol–water partition coefficient (Wildman–Crippen LogP) is 2.90. The summed E-state index contributed by atoms with van der Waals surface area (Å²) in [4.78, 5) is 14.5. The molecule has 0 aromatic heterocycles. The number of aryl methyl sites for hydroxylation is 1. The van der Waals surface area contributed by atoms with Gasteiger partial charge in [-0.2, -0.15) is 0 Å². The Balaban J connectivity index is 1.47. The first-order chi connectivity index (χ1) is 13.1. The maximum absolute atomic E-state index is 13.0. The van der Waals surface area contributed by atoms with Crippen molar-refractivity contribution in [2.75, 3.05) is 19.6 Å². The highest BCUT2D eigenvalue weighted by atomic mass is 19.1. The van der Waals surface area contributed by atoms with Gasteiger partial charge in [0, 0.05) is 26.2 Å². The van der Waals surface area contributed by atoms with Gasteiger partial charge in [0.25, 0.3) is 5.91 Å². The van der Waals surface area contributed by atoms with E-state index in [1.54, 1.807) is 17.0 Å². The SMILES string of the molecule is O=C1N(CCCc2ccccc2)CCCC1(O)CNCc1ccc(F)cc1. The number of halogens is 1. The van der Waals surface area contributed by atoms with Gasteiger partial charge in [0.05, 0.1) is 0 Å². The zero-order valence-electron chi connectivity index (χ0n) is 15.5. The Morgan fingerprint density at radius 3 is 2.56 bits per heavy atom. The second-order valence-electron chi connectivity index (χ2n) is 7.25. The molecule has 27 heavy (non-hydrogen) atoms. The maximum Gasteiger partial charge on any atom is 0.255 e. The first kappa shape index (κ1) is 19.5. The fraction of sp³-hybridized carbons (Fsp3) is 0.409. The van der Waals surface area contributed by atoms with Crippen molar-refractivity contribution in [2.24, 2.45) is 0 Å². The topological polar surface area (TPSA) is 52.6 Å². The Morgan fingerprint density at radius 1 is 1.07 bits per heavy atom. The summed E-state index contributed by atoms with van der Waals surface area (Å²) in [6.45, 7) is 2.06. The molecule has 5 heteroatoms. The minimum Gasteiger partial charge on any atom is -0.379 e. The first-order valence-corrected chi connectivity index (χ1v) is 9.58. The van der Waals surface area contributed by atoms with Gasteiger partial charge in [-0.15, -0.1) is 0 Å². The normalized spacial score (nSPS) is 20.1. The molecular formula is C22H27FN2O2. The number of benzene rings is 2. The number of carbonyl (C=O) groups is 1. The molecule has 144 valence electrons. The number of hydrogen-bond donors (Lipinski definition) is 2. The van der Waals surface area contributed by atoms with Gasteiger partial charge >= 0.3 is 0 Å². The molecule has 3 rings (SSSR count). The number of aliphatic hydroxyl groups is 1. The van der Waals surface area contributed by atoms with Crippen LogP contribution in [-0.4, -0.2) is 41.1 Å². The van der Waals surface area contributed by atoms with Crippen LogP contribution < -0.4 is 5.32 Å². The molecule has 0 spiro atoms. The van der Waals surface area contributed by atoms with Gasteiger partial charge in [-0.3, -0.25) is 4.79 Å². The van der Waals surface area contributed by atoms with Crippen LogP contribution in [-0.2, 0) is 17.8 Å². The molecule has 4 nitrogen and oxygen atoms in total. The maximum atomic E-state index is 13.0. The molecule has 1 atom stereocenters. The lowest BCUT2D eigenvalue weighted by molar-refractivity contribution is -0.156. The Morgan fingerprint density at radius 2 is 1.81 bits per heavy atom. The van der Waals surface area contributed by atoms with Crippen LogP contribution in [0.15, 0.2) is 54.6 Å². The zero-order chi connectivity index (χ0) is 19.1. The van der Waals surface area contributed by atoms with E-state index in [0.29, 0.717) is 26.1 Å². The number of hydrogen-bond acceptors (Lipinski definition) is 3. The average Bonchev–Trinajstić information content (AvgIpc) is 2.68. The fourth-order valence-corrected chi connectivity index (χ4v) is 3.58. The minimum absolute atomic E-state index is 0.187. The van der Waals surface area contributed by atoms with Crippen molar-refractivity contribution in [1.82, 2.24) is 10.2 Å². The van der Waals surface area contributed by atoms with E-state index in [1.165, 1.54) is 17.7 Å². The summed E-state index contributed by atoms with van der Waals surface area (Å²) in [5.74, 6) is -0.459. The lowest BCUT2D eigenvalue weighted by atomic mass is 9.91. The standard InChI is InChI=1S/C22H27FN2O2/c23-20-11-9-19(10-12-20)16-24-17-22(27)13-5-15-25(21(22)26)14-4-8-18-6-2-1-3-7-18/h1-3,6-7,9-12,24,27H,4-5,8,13-17H2. The molecule has 1 fully saturated rings. The number of rotatable bonds is 8. The molecule has 2 N–H and O–H groups in total. The molecule has 2 aromatic rings. The number of nitrogens with one attached hydrogen (secondary N) is 1. The molecule has 2 aromatic carbocycles. The number of amides is 1. The number of piperidine rings is 1. The Bertz CT molecular complexity index is 736. The van der Waals surface area contributed by atoms with Gasteiger partial charge in [0.1, 0.15) is 5.82 Å². The van der Waals surface area contributed by atoms with Crippen molar-refractivity contribution in [2.45, 2.75) is 37.8 Å². The lowest BCUT2D eigenvalue weighted by Crippen LogP contribution is -2.58. The quantitative estimate of drug-likeness (QED) is 0.751.